The highest BCUT2D eigenvalue weighted by Gasteiger charge is 2.58. The molecule has 2 aromatic rings. The minimum absolute atomic E-state index is 0.00815. The molecule has 0 bridgehead atoms. The number of carboxylic acids is 1. The minimum atomic E-state index is -0.869. The maximum atomic E-state index is 12.9. The zero-order chi connectivity index (χ0) is 29.6. The van der Waals surface area contributed by atoms with E-state index in [2.05, 4.69) is 60.3 Å². The number of fused-ring (bicyclic) bond motifs is 5. The first kappa shape index (κ1) is 30.6. The summed E-state index contributed by atoms with van der Waals surface area (Å²) in [6.45, 7) is 4.33. The Labute approximate surface area is 262 Å². The number of hydrogen-bond donors (Lipinski definition) is 2. The smallest absolute Gasteiger partial charge is 0.325 e. The van der Waals surface area contributed by atoms with Gasteiger partial charge in [0, 0.05) is 37.4 Å². The van der Waals surface area contributed by atoms with Gasteiger partial charge in [-0.05, 0) is 100 Å². The molecule has 0 spiro atoms. The van der Waals surface area contributed by atoms with Crippen molar-refractivity contribution in [3.05, 3.63) is 42.8 Å². The molecule has 8 nitrogen and oxygen atoms in total. The van der Waals surface area contributed by atoms with Gasteiger partial charge in [0.25, 0.3) is 0 Å². The predicted octanol–water partition coefficient (Wildman–Crippen LogP) is 7.17. The lowest BCUT2D eigenvalue weighted by Crippen LogP contribution is -2.44. The van der Waals surface area contributed by atoms with E-state index in [-0.39, 0.29) is 11.3 Å². The number of likely N-dealkylation sites (N-methyl/N-ethyl adjacent to an activating group) is 1. The number of halogens is 2. The van der Waals surface area contributed by atoms with Crippen LogP contribution in [0.4, 0.5) is 5.13 Å². The summed E-state index contributed by atoms with van der Waals surface area (Å²) in [5.74, 6) is 0.694. The molecule has 5 rings (SSSR count). The molecule has 1 aromatic carbocycles. The Kier molecular flexibility index (Phi) is 9.00. The number of aryl methyl sites for hydroxylation is 1. The predicted molar refractivity (Wildman–Crippen MR) is 169 cm³/mol. The molecule has 0 saturated heterocycles. The van der Waals surface area contributed by atoms with Crippen LogP contribution < -0.4 is 5.32 Å². The molecular formula is C30H38Br2N4O4S. The van der Waals surface area contributed by atoms with Crippen molar-refractivity contribution in [2.24, 2.45) is 28.3 Å². The van der Waals surface area contributed by atoms with Gasteiger partial charge in [-0.15, -0.1) is 11.3 Å². The third-order valence-corrected chi connectivity index (χ3v) is 12.1. The second-order valence-electron chi connectivity index (χ2n) is 12.2. The van der Waals surface area contributed by atoms with Crippen molar-refractivity contribution in [1.29, 1.82) is 0 Å². The van der Waals surface area contributed by atoms with E-state index in [0.717, 1.165) is 63.6 Å². The van der Waals surface area contributed by atoms with E-state index in [1.807, 2.05) is 6.92 Å². The number of anilines is 1. The van der Waals surface area contributed by atoms with Crippen molar-refractivity contribution in [2.75, 3.05) is 26.5 Å². The molecule has 3 aliphatic carbocycles. The SMILES string of the molecule is CO/N=C1/CC(CCC(=O)Nc2ncc(C)s2)C2C3CCc4c(cc(Br)c(C(C(=O)O)N(C)C)c4Br)C3CC[C@]12C. The monoisotopic (exact) mass is 708 g/mol. The van der Waals surface area contributed by atoms with Crippen LogP contribution in [0.2, 0.25) is 0 Å². The Morgan fingerprint density at radius 1 is 1.34 bits per heavy atom. The van der Waals surface area contributed by atoms with Gasteiger partial charge in [0.15, 0.2) is 5.13 Å². The summed E-state index contributed by atoms with van der Waals surface area (Å²) in [7, 11) is 5.22. The number of nitrogens with zero attached hydrogens (tertiary/aromatic N) is 3. The highest BCUT2D eigenvalue weighted by molar-refractivity contribution is 9.11. The number of carbonyl (C=O) groups is 2. The van der Waals surface area contributed by atoms with E-state index in [1.165, 1.54) is 22.5 Å². The van der Waals surface area contributed by atoms with Crippen molar-refractivity contribution in [3.63, 3.8) is 0 Å². The largest absolute Gasteiger partial charge is 0.480 e. The van der Waals surface area contributed by atoms with Crippen LogP contribution in [0.5, 0.6) is 0 Å². The molecule has 1 aromatic heterocycles. The first-order chi connectivity index (χ1) is 19.5. The number of rotatable bonds is 8. The molecule has 41 heavy (non-hydrogen) atoms. The molecule has 222 valence electrons. The Balaban J connectivity index is 1.44. The molecule has 2 saturated carbocycles. The highest BCUT2D eigenvalue weighted by atomic mass is 79.9. The first-order valence-corrected chi connectivity index (χ1v) is 16.6. The van der Waals surface area contributed by atoms with Crippen molar-refractivity contribution in [3.8, 4) is 0 Å². The van der Waals surface area contributed by atoms with Gasteiger partial charge in [0.1, 0.15) is 13.2 Å². The van der Waals surface area contributed by atoms with Gasteiger partial charge in [-0.3, -0.25) is 14.5 Å². The number of benzene rings is 1. The fourth-order valence-corrected chi connectivity index (χ4v) is 10.5. The summed E-state index contributed by atoms with van der Waals surface area (Å²) in [5.41, 5.74) is 4.40. The Morgan fingerprint density at radius 2 is 2.10 bits per heavy atom. The third-order valence-electron chi connectivity index (χ3n) is 9.66. The second kappa shape index (κ2) is 12.1. The van der Waals surface area contributed by atoms with Gasteiger partial charge >= 0.3 is 5.97 Å². The summed E-state index contributed by atoms with van der Waals surface area (Å²) in [6.07, 6.45) is 7.84. The van der Waals surface area contributed by atoms with Gasteiger partial charge < -0.3 is 15.3 Å². The Hall–Kier alpha value is -1.82. The van der Waals surface area contributed by atoms with Gasteiger partial charge in [-0.1, -0.05) is 43.9 Å². The van der Waals surface area contributed by atoms with E-state index < -0.39 is 12.0 Å². The summed E-state index contributed by atoms with van der Waals surface area (Å²) in [6, 6.07) is 1.44. The van der Waals surface area contributed by atoms with Crippen LogP contribution in [0.1, 0.15) is 79.0 Å². The fourth-order valence-electron chi connectivity index (χ4n) is 8.03. The summed E-state index contributed by atoms with van der Waals surface area (Å²) < 4.78 is 1.74. The molecule has 11 heteroatoms. The number of carbonyl (C=O) groups excluding carboxylic acids is 1. The van der Waals surface area contributed by atoms with Crippen LogP contribution in [0.3, 0.4) is 0 Å². The minimum Gasteiger partial charge on any atom is -0.480 e. The number of amides is 1. The number of hydrogen-bond acceptors (Lipinski definition) is 7. The van der Waals surface area contributed by atoms with Crippen LogP contribution in [0, 0.1) is 30.1 Å². The number of thiazole rings is 1. The van der Waals surface area contributed by atoms with E-state index in [4.69, 9.17) is 4.84 Å². The van der Waals surface area contributed by atoms with E-state index in [9.17, 15) is 14.7 Å². The molecule has 2 N–H and O–H groups in total. The fraction of sp³-hybridized carbons (Fsp3) is 0.600. The second-order valence-corrected chi connectivity index (χ2v) is 15.1. The van der Waals surface area contributed by atoms with Crippen molar-refractivity contribution < 1.29 is 19.5 Å². The van der Waals surface area contributed by atoms with Crippen LogP contribution in [0.25, 0.3) is 0 Å². The molecule has 6 atom stereocenters. The third kappa shape index (κ3) is 5.63. The maximum Gasteiger partial charge on any atom is 0.325 e. The van der Waals surface area contributed by atoms with Crippen LogP contribution in [-0.4, -0.2) is 53.8 Å². The van der Waals surface area contributed by atoms with Gasteiger partial charge in [0.05, 0.1) is 5.71 Å². The number of aliphatic carboxylic acids is 1. The van der Waals surface area contributed by atoms with Gasteiger partial charge in [0.2, 0.25) is 5.91 Å². The zero-order valence-electron chi connectivity index (χ0n) is 24.2. The van der Waals surface area contributed by atoms with Crippen molar-refractivity contribution in [2.45, 2.75) is 70.8 Å². The normalized spacial score (nSPS) is 28.6. The highest BCUT2D eigenvalue weighted by Crippen LogP contribution is 2.63. The van der Waals surface area contributed by atoms with E-state index >= 15 is 0 Å². The maximum absolute atomic E-state index is 12.9. The van der Waals surface area contributed by atoms with Gasteiger partial charge in [-0.2, -0.15) is 0 Å². The topological polar surface area (TPSA) is 104 Å². The van der Waals surface area contributed by atoms with Crippen molar-refractivity contribution in [1.82, 2.24) is 9.88 Å². The van der Waals surface area contributed by atoms with E-state index in [1.54, 1.807) is 32.3 Å². The lowest BCUT2D eigenvalue weighted by atomic mass is 9.54. The molecule has 5 unspecified atom stereocenters. The number of oxime groups is 1. The Bertz CT molecular complexity index is 1380. The average Bonchev–Trinajstić information content (AvgIpc) is 3.44. The standard InChI is InChI=1S/C30H38Br2N4O4S/c1-15-14-33-29(41-15)34-23(37)9-6-16-12-22(35-40-5)30(2)11-10-17-18(25(16)30)7-8-19-20(17)13-21(31)24(26(19)32)27(28(38)39)36(3)4/h13-14,16-18,25,27H,6-12H2,1-5H3,(H,38,39)(H,33,34,37)/b35-22-/t16?,17?,18?,25?,27?,30-/m1/s1. The Morgan fingerprint density at radius 3 is 2.73 bits per heavy atom. The quantitative estimate of drug-likeness (QED) is 0.282. The van der Waals surface area contributed by atoms with Crippen LogP contribution in [0.15, 0.2) is 26.4 Å². The lowest BCUT2D eigenvalue weighted by molar-refractivity contribution is -0.142. The molecule has 1 heterocycles. The molecule has 1 amide bonds. The lowest BCUT2D eigenvalue weighted by Gasteiger charge is -2.50. The van der Waals surface area contributed by atoms with Gasteiger partial charge in [-0.25, -0.2) is 4.98 Å². The summed E-state index contributed by atoms with van der Waals surface area (Å²) in [4.78, 5) is 37.5. The molecule has 0 aliphatic heterocycles. The number of nitrogens with one attached hydrogen (secondary N) is 1. The summed E-state index contributed by atoms with van der Waals surface area (Å²) >= 11 is 9.09. The van der Waals surface area contributed by atoms with Crippen LogP contribution >= 0.6 is 43.2 Å². The zero-order valence-corrected chi connectivity index (χ0v) is 28.2. The average molecular weight is 711 g/mol. The van der Waals surface area contributed by atoms with Crippen molar-refractivity contribution >= 4 is 65.9 Å². The molecule has 0 radical (unpaired) electrons. The first-order valence-electron chi connectivity index (χ1n) is 14.2. The summed E-state index contributed by atoms with van der Waals surface area (Å²) in [5, 5.41) is 18.2. The van der Waals surface area contributed by atoms with E-state index in [0.29, 0.717) is 35.2 Å². The number of aromatic nitrogens is 1. The number of carboxylic acid groups (broad SMARTS) is 1. The molecule has 2 fully saturated rings. The molecular weight excluding hydrogens is 672 g/mol. The van der Waals surface area contributed by atoms with Crippen LogP contribution in [-0.2, 0) is 20.8 Å². The molecule has 3 aliphatic rings.